The van der Waals surface area contributed by atoms with Crippen LogP contribution in [0.3, 0.4) is 0 Å². The Morgan fingerprint density at radius 1 is 1.20 bits per heavy atom. The molecule has 0 bridgehead atoms. The van der Waals surface area contributed by atoms with E-state index in [1.807, 2.05) is 43.3 Å². The second kappa shape index (κ2) is 7.03. The summed E-state index contributed by atoms with van der Waals surface area (Å²) in [5.74, 6) is 0.635. The fraction of sp³-hybridized carbons (Fsp3) is 0.312. The molecule has 0 saturated heterocycles. The van der Waals surface area contributed by atoms with Gasteiger partial charge in [-0.1, -0.05) is 18.2 Å². The molecule has 0 amide bonds. The van der Waals surface area contributed by atoms with Gasteiger partial charge in [-0.2, -0.15) is 0 Å². The van der Waals surface area contributed by atoms with E-state index in [2.05, 4.69) is 4.98 Å². The predicted molar refractivity (Wildman–Crippen MR) is 78.6 cm³/mol. The van der Waals surface area contributed by atoms with Gasteiger partial charge in [-0.05, 0) is 36.2 Å². The summed E-state index contributed by atoms with van der Waals surface area (Å²) in [7, 11) is 0. The van der Waals surface area contributed by atoms with Crippen molar-refractivity contribution in [3.63, 3.8) is 0 Å². The summed E-state index contributed by atoms with van der Waals surface area (Å²) in [6.45, 7) is 2.93. The number of nitrogens with two attached hydrogens (primary N) is 1. The van der Waals surface area contributed by atoms with Crippen molar-refractivity contribution >= 4 is 0 Å². The van der Waals surface area contributed by atoms with Gasteiger partial charge in [-0.15, -0.1) is 0 Å². The van der Waals surface area contributed by atoms with Gasteiger partial charge >= 0.3 is 0 Å². The minimum atomic E-state index is -0.653. The molecular weight excluding hydrogens is 252 g/mol. The van der Waals surface area contributed by atoms with Crippen LogP contribution in [0, 0.1) is 0 Å². The largest absolute Gasteiger partial charge is 0.494 e. The van der Waals surface area contributed by atoms with Crippen molar-refractivity contribution in [1.29, 1.82) is 0 Å². The van der Waals surface area contributed by atoms with Gasteiger partial charge in [0.2, 0.25) is 0 Å². The molecule has 4 heteroatoms. The first kappa shape index (κ1) is 14.5. The van der Waals surface area contributed by atoms with Gasteiger partial charge in [0.15, 0.2) is 0 Å². The summed E-state index contributed by atoms with van der Waals surface area (Å²) >= 11 is 0. The molecule has 3 N–H and O–H groups in total. The van der Waals surface area contributed by atoms with Crippen LogP contribution >= 0.6 is 0 Å². The maximum atomic E-state index is 10.5. The van der Waals surface area contributed by atoms with Crippen molar-refractivity contribution in [2.24, 2.45) is 5.73 Å². The smallest absolute Gasteiger partial charge is 0.119 e. The Labute approximate surface area is 119 Å². The molecule has 106 valence electrons. The Hall–Kier alpha value is -1.91. The van der Waals surface area contributed by atoms with Crippen molar-refractivity contribution in [3.05, 3.63) is 59.9 Å². The van der Waals surface area contributed by atoms with Crippen LogP contribution in [-0.2, 0) is 0 Å². The van der Waals surface area contributed by atoms with Crippen molar-refractivity contribution in [2.45, 2.75) is 18.9 Å². The zero-order valence-corrected chi connectivity index (χ0v) is 11.6. The summed E-state index contributed by atoms with van der Waals surface area (Å²) < 4.78 is 5.40. The van der Waals surface area contributed by atoms with Crippen molar-refractivity contribution in [2.75, 3.05) is 13.2 Å². The SMILES string of the molecule is CCOc1ccc(C(O)C(CN)c2cccnc2)cc1. The summed E-state index contributed by atoms with van der Waals surface area (Å²) in [6.07, 6.45) is 2.80. The maximum absolute atomic E-state index is 10.5. The summed E-state index contributed by atoms with van der Waals surface area (Å²) in [4.78, 5) is 4.08. The average Bonchev–Trinajstić information content (AvgIpc) is 2.50. The van der Waals surface area contributed by atoms with Crippen LogP contribution in [0.25, 0.3) is 0 Å². The molecule has 0 saturated carbocycles. The average molecular weight is 272 g/mol. The van der Waals surface area contributed by atoms with E-state index in [0.717, 1.165) is 16.9 Å². The molecular formula is C16H20N2O2. The van der Waals surface area contributed by atoms with E-state index >= 15 is 0 Å². The van der Waals surface area contributed by atoms with Gasteiger partial charge in [0.1, 0.15) is 5.75 Å². The lowest BCUT2D eigenvalue weighted by molar-refractivity contribution is 0.147. The van der Waals surface area contributed by atoms with Crippen LogP contribution in [0.5, 0.6) is 5.75 Å². The third kappa shape index (κ3) is 3.35. The van der Waals surface area contributed by atoms with Crippen LogP contribution in [0.2, 0.25) is 0 Å². The molecule has 1 aromatic heterocycles. The molecule has 2 unspecified atom stereocenters. The first-order valence-corrected chi connectivity index (χ1v) is 6.77. The van der Waals surface area contributed by atoms with Gasteiger partial charge < -0.3 is 15.6 Å². The molecule has 4 nitrogen and oxygen atoms in total. The molecule has 0 radical (unpaired) electrons. The van der Waals surface area contributed by atoms with Crippen LogP contribution < -0.4 is 10.5 Å². The summed E-state index contributed by atoms with van der Waals surface area (Å²) in [5.41, 5.74) is 7.58. The number of aliphatic hydroxyl groups is 1. The zero-order chi connectivity index (χ0) is 14.4. The highest BCUT2D eigenvalue weighted by Crippen LogP contribution is 2.30. The molecule has 0 fully saturated rings. The number of hydrogen-bond donors (Lipinski definition) is 2. The van der Waals surface area contributed by atoms with Gasteiger partial charge in [0, 0.05) is 24.9 Å². The first-order valence-electron chi connectivity index (χ1n) is 6.77. The van der Waals surface area contributed by atoms with E-state index in [1.165, 1.54) is 0 Å². The van der Waals surface area contributed by atoms with Crippen LogP contribution in [-0.4, -0.2) is 23.2 Å². The van der Waals surface area contributed by atoms with Crippen LogP contribution in [0.15, 0.2) is 48.8 Å². The Kier molecular flexibility index (Phi) is 5.09. The predicted octanol–water partition coefficient (Wildman–Crippen LogP) is 2.26. The third-order valence-corrected chi connectivity index (χ3v) is 3.28. The number of aromatic nitrogens is 1. The highest BCUT2D eigenvalue weighted by atomic mass is 16.5. The van der Waals surface area contributed by atoms with E-state index in [9.17, 15) is 5.11 Å². The quantitative estimate of drug-likeness (QED) is 0.846. The van der Waals surface area contributed by atoms with Gasteiger partial charge in [-0.25, -0.2) is 0 Å². The molecule has 1 heterocycles. The first-order chi connectivity index (χ1) is 9.76. The van der Waals surface area contributed by atoms with Crippen molar-refractivity contribution in [3.8, 4) is 5.75 Å². The highest BCUT2D eigenvalue weighted by molar-refractivity contribution is 5.31. The number of ether oxygens (including phenoxy) is 1. The minimum absolute atomic E-state index is 0.165. The lowest BCUT2D eigenvalue weighted by atomic mass is 9.90. The fourth-order valence-corrected chi connectivity index (χ4v) is 2.20. The number of aliphatic hydroxyl groups excluding tert-OH is 1. The Morgan fingerprint density at radius 3 is 2.50 bits per heavy atom. The van der Waals surface area contributed by atoms with Crippen molar-refractivity contribution < 1.29 is 9.84 Å². The number of benzene rings is 1. The molecule has 2 atom stereocenters. The Bertz CT molecular complexity index is 514. The number of nitrogens with zero attached hydrogens (tertiary/aromatic N) is 1. The van der Waals surface area contributed by atoms with Crippen LogP contribution in [0.1, 0.15) is 30.1 Å². The van der Waals surface area contributed by atoms with Gasteiger partial charge in [0.05, 0.1) is 12.7 Å². The zero-order valence-electron chi connectivity index (χ0n) is 11.6. The minimum Gasteiger partial charge on any atom is -0.494 e. The Balaban J connectivity index is 2.18. The molecule has 0 aliphatic rings. The molecule has 0 aliphatic carbocycles. The molecule has 2 rings (SSSR count). The second-order valence-electron chi connectivity index (χ2n) is 4.58. The lowest BCUT2D eigenvalue weighted by Crippen LogP contribution is -2.20. The lowest BCUT2D eigenvalue weighted by Gasteiger charge is -2.22. The summed E-state index contributed by atoms with van der Waals surface area (Å²) in [6, 6.07) is 11.2. The maximum Gasteiger partial charge on any atom is 0.119 e. The van der Waals surface area contributed by atoms with Gasteiger partial charge in [-0.3, -0.25) is 4.98 Å². The number of pyridine rings is 1. The molecule has 2 aromatic rings. The topological polar surface area (TPSA) is 68.4 Å². The fourth-order valence-electron chi connectivity index (χ4n) is 2.20. The number of rotatable bonds is 6. The molecule has 1 aromatic carbocycles. The summed E-state index contributed by atoms with van der Waals surface area (Å²) in [5, 5.41) is 10.5. The van der Waals surface area contributed by atoms with Crippen LogP contribution in [0.4, 0.5) is 0 Å². The van der Waals surface area contributed by atoms with E-state index in [1.54, 1.807) is 12.4 Å². The van der Waals surface area contributed by atoms with E-state index in [0.29, 0.717) is 13.2 Å². The highest BCUT2D eigenvalue weighted by Gasteiger charge is 2.21. The normalized spacial score (nSPS) is 13.8. The van der Waals surface area contributed by atoms with Gasteiger partial charge in [0.25, 0.3) is 0 Å². The molecule has 0 spiro atoms. The number of hydrogen-bond acceptors (Lipinski definition) is 4. The monoisotopic (exact) mass is 272 g/mol. The second-order valence-corrected chi connectivity index (χ2v) is 4.58. The Morgan fingerprint density at radius 2 is 1.95 bits per heavy atom. The van der Waals surface area contributed by atoms with E-state index < -0.39 is 6.10 Å². The van der Waals surface area contributed by atoms with E-state index in [4.69, 9.17) is 10.5 Å². The third-order valence-electron chi connectivity index (χ3n) is 3.28. The standard InChI is InChI=1S/C16H20N2O2/c1-2-20-14-7-5-12(6-8-14)16(19)15(10-17)13-4-3-9-18-11-13/h3-9,11,15-16,19H,2,10,17H2,1H3. The van der Waals surface area contributed by atoms with Crippen molar-refractivity contribution in [1.82, 2.24) is 4.98 Å². The van der Waals surface area contributed by atoms with E-state index in [-0.39, 0.29) is 5.92 Å². The molecule has 20 heavy (non-hydrogen) atoms. The molecule has 0 aliphatic heterocycles.